The number of rotatable bonds is 5. The molecule has 5 rings (SSSR count). The molecular formula is C25H28N4OS. The number of fused-ring (bicyclic) bond motifs is 1. The van der Waals surface area contributed by atoms with E-state index in [-0.39, 0.29) is 5.91 Å². The Morgan fingerprint density at radius 1 is 0.935 bits per heavy atom. The SMILES string of the molecule is O=C(CSc1nnc(C2CCCCC2)n1-c1ccccc1)N1CCc2ccccc2C1. The Hall–Kier alpha value is -2.60. The Labute approximate surface area is 187 Å². The third kappa shape index (κ3) is 4.40. The molecule has 1 aliphatic heterocycles. The minimum atomic E-state index is 0.168. The second-order valence-corrected chi connectivity index (χ2v) is 9.41. The van der Waals surface area contributed by atoms with Gasteiger partial charge < -0.3 is 4.90 Å². The van der Waals surface area contributed by atoms with Crippen LogP contribution < -0.4 is 0 Å². The van der Waals surface area contributed by atoms with Crippen LogP contribution in [0.25, 0.3) is 5.69 Å². The summed E-state index contributed by atoms with van der Waals surface area (Å²) in [6.07, 6.45) is 7.08. The van der Waals surface area contributed by atoms with Crippen LogP contribution in [0.1, 0.15) is 55.0 Å². The van der Waals surface area contributed by atoms with Crippen LogP contribution in [0.15, 0.2) is 59.8 Å². The van der Waals surface area contributed by atoms with Gasteiger partial charge in [-0.2, -0.15) is 0 Å². The molecule has 0 unspecified atom stereocenters. The predicted molar refractivity (Wildman–Crippen MR) is 123 cm³/mol. The van der Waals surface area contributed by atoms with Crippen LogP contribution in [-0.4, -0.2) is 37.9 Å². The van der Waals surface area contributed by atoms with Crippen molar-refractivity contribution < 1.29 is 4.79 Å². The summed E-state index contributed by atoms with van der Waals surface area (Å²) in [6, 6.07) is 18.7. The minimum absolute atomic E-state index is 0.168. The summed E-state index contributed by atoms with van der Waals surface area (Å²) < 4.78 is 2.18. The largest absolute Gasteiger partial charge is 0.337 e. The van der Waals surface area contributed by atoms with Gasteiger partial charge in [0.05, 0.1) is 5.75 Å². The van der Waals surface area contributed by atoms with Gasteiger partial charge in [0.1, 0.15) is 5.82 Å². The quantitative estimate of drug-likeness (QED) is 0.533. The number of aromatic nitrogens is 3. The summed E-state index contributed by atoms with van der Waals surface area (Å²) in [5.74, 6) is 2.05. The molecule has 1 saturated carbocycles. The first-order valence-corrected chi connectivity index (χ1v) is 12.3. The van der Waals surface area contributed by atoms with Crippen LogP contribution in [0.5, 0.6) is 0 Å². The molecule has 0 atom stereocenters. The van der Waals surface area contributed by atoms with Gasteiger partial charge in [-0.25, -0.2) is 0 Å². The Morgan fingerprint density at radius 2 is 1.68 bits per heavy atom. The van der Waals surface area contributed by atoms with E-state index >= 15 is 0 Å². The van der Waals surface area contributed by atoms with Crippen molar-refractivity contribution in [1.29, 1.82) is 0 Å². The second kappa shape index (κ2) is 9.27. The Kier molecular flexibility index (Phi) is 6.07. The number of benzene rings is 2. The summed E-state index contributed by atoms with van der Waals surface area (Å²) >= 11 is 1.51. The summed E-state index contributed by atoms with van der Waals surface area (Å²) in [5, 5.41) is 9.95. The maximum absolute atomic E-state index is 13.0. The fourth-order valence-corrected chi connectivity index (χ4v) is 5.61. The van der Waals surface area contributed by atoms with Gasteiger partial charge in [-0.1, -0.05) is 73.5 Å². The molecule has 160 valence electrons. The Bertz CT molecular complexity index is 1040. The molecule has 1 aliphatic carbocycles. The molecule has 31 heavy (non-hydrogen) atoms. The van der Waals surface area contributed by atoms with Gasteiger partial charge in [-0.15, -0.1) is 10.2 Å². The number of carbonyl (C=O) groups excluding carboxylic acids is 1. The molecule has 0 N–H and O–H groups in total. The van der Waals surface area contributed by atoms with Crippen molar-refractivity contribution in [1.82, 2.24) is 19.7 Å². The van der Waals surface area contributed by atoms with Crippen molar-refractivity contribution >= 4 is 17.7 Å². The second-order valence-electron chi connectivity index (χ2n) is 8.47. The number of hydrogen-bond donors (Lipinski definition) is 0. The highest BCUT2D eigenvalue weighted by Gasteiger charge is 2.26. The first kappa shape index (κ1) is 20.3. The van der Waals surface area contributed by atoms with Gasteiger partial charge in [-0.05, 0) is 42.5 Å². The molecular weight excluding hydrogens is 404 g/mol. The summed E-state index contributed by atoms with van der Waals surface area (Å²) in [4.78, 5) is 15.0. The number of para-hydroxylation sites is 1. The van der Waals surface area contributed by atoms with Gasteiger partial charge in [0.2, 0.25) is 5.91 Å². The number of nitrogens with zero attached hydrogens (tertiary/aromatic N) is 4. The average Bonchev–Trinajstić information content (AvgIpc) is 3.27. The highest BCUT2D eigenvalue weighted by molar-refractivity contribution is 7.99. The van der Waals surface area contributed by atoms with E-state index in [1.807, 2.05) is 23.1 Å². The lowest BCUT2D eigenvalue weighted by Gasteiger charge is -2.28. The van der Waals surface area contributed by atoms with Gasteiger partial charge in [0.25, 0.3) is 0 Å². The number of amides is 1. The van der Waals surface area contributed by atoms with Gasteiger partial charge in [-0.3, -0.25) is 9.36 Å². The third-order valence-corrected chi connectivity index (χ3v) is 7.36. The van der Waals surface area contributed by atoms with Gasteiger partial charge in [0.15, 0.2) is 5.16 Å². The highest BCUT2D eigenvalue weighted by Crippen LogP contribution is 2.35. The molecule has 1 amide bonds. The first-order valence-electron chi connectivity index (χ1n) is 11.3. The normalized spacial score (nSPS) is 16.8. The number of carbonyl (C=O) groups is 1. The number of hydrogen-bond acceptors (Lipinski definition) is 4. The molecule has 5 nitrogen and oxygen atoms in total. The van der Waals surface area contributed by atoms with Crippen LogP contribution in [0.4, 0.5) is 0 Å². The van der Waals surface area contributed by atoms with E-state index in [1.165, 1.54) is 55.0 Å². The van der Waals surface area contributed by atoms with Crippen molar-refractivity contribution in [2.75, 3.05) is 12.3 Å². The molecule has 2 aromatic carbocycles. The molecule has 2 aliphatic rings. The van der Waals surface area contributed by atoms with Crippen LogP contribution in [-0.2, 0) is 17.8 Å². The van der Waals surface area contributed by atoms with Crippen molar-refractivity contribution in [3.05, 3.63) is 71.5 Å². The molecule has 0 spiro atoms. The molecule has 6 heteroatoms. The fraction of sp³-hybridized carbons (Fsp3) is 0.400. The van der Waals surface area contributed by atoms with Crippen molar-refractivity contribution in [3.8, 4) is 5.69 Å². The lowest BCUT2D eigenvalue weighted by molar-refractivity contribution is -0.129. The third-order valence-electron chi connectivity index (χ3n) is 6.45. The summed E-state index contributed by atoms with van der Waals surface area (Å²) in [6.45, 7) is 1.49. The van der Waals surface area contributed by atoms with Crippen LogP contribution in [0.3, 0.4) is 0 Å². The highest BCUT2D eigenvalue weighted by atomic mass is 32.2. The van der Waals surface area contributed by atoms with Crippen LogP contribution in [0, 0.1) is 0 Å². The Balaban J connectivity index is 1.33. The monoisotopic (exact) mass is 432 g/mol. The maximum atomic E-state index is 13.0. The van der Waals surface area contributed by atoms with E-state index < -0.39 is 0 Å². The molecule has 1 fully saturated rings. The molecule has 0 saturated heterocycles. The average molecular weight is 433 g/mol. The first-order chi connectivity index (χ1) is 15.3. The van der Waals surface area contributed by atoms with Crippen LogP contribution >= 0.6 is 11.8 Å². The fourth-order valence-electron chi connectivity index (χ4n) is 4.75. The zero-order valence-electron chi connectivity index (χ0n) is 17.7. The zero-order valence-corrected chi connectivity index (χ0v) is 18.6. The van der Waals surface area contributed by atoms with Crippen molar-refractivity contribution in [2.24, 2.45) is 0 Å². The molecule has 3 aromatic rings. The van der Waals surface area contributed by atoms with Crippen molar-refractivity contribution in [2.45, 2.75) is 56.1 Å². The van der Waals surface area contributed by atoms with E-state index in [2.05, 4.69) is 51.2 Å². The van der Waals surface area contributed by atoms with Crippen molar-refractivity contribution in [3.63, 3.8) is 0 Å². The van der Waals surface area contributed by atoms with Crippen LogP contribution in [0.2, 0.25) is 0 Å². The van der Waals surface area contributed by atoms with E-state index in [0.717, 1.165) is 29.6 Å². The molecule has 0 bridgehead atoms. The molecule has 0 radical (unpaired) electrons. The van der Waals surface area contributed by atoms with E-state index in [4.69, 9.17) is 0 Å². The molecule has 1 aromatic heterocycles. The smallest absolute Gasteiger partial charge is 0.233 e. The minimum Gasteiger partial charge on any atom is -0.337 e. The standard InChI is InChI=1S/C25H28N4OS/c30-23(28-16-15-19-9-7-8-12-21(19)17-28)18-31-25-27-26-24(20-10-3-1-4-11-20)29(25)22-13-5-2-6-14-22/h2,5-9,12-14,20H,1,3-4,10-11,15-18H2. The van der Waals surface area contributed by atoms with E-state index in [1.54, 1.807) is 0 Å². The topological polar surface area (TPSA) is 51.0 Å². The lowest BCUT2D eigenvalue weighted by Crippen LogP contribution is -2.37. The van der Waals surface area contributed by atoms with E-state index in [0.29, 0.717) is 18.2 Å². The predicted octanol–water partition coefficient (Wildman–Crippen LogP) is 4.99. The lowest BCUT2D eigenvalue weighted by atomic mass is 9.88. The number of thioether (sulfide) groups is 1. The molecule has 2 heterocycles. The Morgan fingerprint density at radius 3 is 2.48 bits per heavy atom. The van der Waals surface area contributed by atoms with Gasteiger partial charge in [0, 0.05) is 24.7 Å². The summed E-state index contributed by atoms with van der Waals surface area (Å²) in [5.41, 5.74) is 3.70. The zero-order chi connectivity index (χ0) is 21.0. The summed E-state index contributed by atoms with van der Waals surface area (Å²) in [7, 11) is 0. The van der Waals surface area contributed by atoms with E-state index in [9.17, 15) is 4.79 Å². The van der Waals surface area contributed by atoms with Gasteiger partial charge >= 0.3 is 0 Å². The maximum Gasteiger partial charge on any atom is 0.233 e.